The number of pyridine rings is 1. The molecule has 0 unspecified atom stereocenters. The second-order valence-corrected chi connectivity index (χ2v) is 7.79. The van der Waals surface area contributed by atoms with Crippen molar-refractivity contribution in [2.24, 2.45) is 0 Å². The number of rotatable bonds is 2. The molecule has 1 aromatic carbocycles. The Labute approximate surface area is 149 Å². The Kier molecular flexibility index (Phi) is 4.40. The second kappa shape index (κ2) is 6.56. The predicted molar refractivity (Wildman–Crippen MR) is 93.1 cm³/mol. The van der Waals surface area contributed by atoms with Crippen LogP contribution in [0.5, 0.6) is 0 Å². The van der Waals surface area contributed by atoms with E-state index in [1.807, 2.05) is 12.1 Å². The fourth-order valence-electron chi connectivity index (χ4n) is 3.61. The fourth-order valence-corrected chi connectivity index (χ4v) is 4.73. The summed E-state index contributed by atoms with van der Waals surface area (Å²) in [5.41, 5.74) is 1.92. The molecule has 0 radical (unpaired) electrons. The standard InChI is InChI=1S/C19H19F3N2S/c20-19(21,22)12-9-15(24-13-5-2-1-3-6-13)14-11-16-17(7-4-8-23-16)25-18(14)10-12/h4,7-10,13,24H,1-3,5-6,11H2. The number of alkyl halides is 3. The van der Waals surface area contributed by atoms with Gasteiger partial charge in [-0.25, -0.2) is 0 Å². The first-order valence-corrected chi connectivity index (χ1v) is 9.45. The number of hydrogen-bond acceptors (Lipinski definition) is 3. The van der Waals surface area contributed by atoms with Crippen molar-refractivity contribution in [3.05, 3.63) is 47.3 Å². The summed E-state index contributed by atoms with van der Waals surface area (Å²) in [7, 11) is 0. The molecule has 1 fully saturated rings. The molecule has 0 saturated heterocycles. The van der Waals surface area contributed by atoms with E-state index in [0.717, 1.165) is 41.8 Å². The third-order valence-corrected chi connectivity index (χ3v) is 6.09. The van der Waals surface area contributed by atoms with Crippen molar-refractivity contribution < 1.29 is 13.2 Å². The maximum absolute atomic E-state index is 13.4. The van der Waals surface area contributed by atoms with Crippen LogP contribution in [0.3, 0.4) is 0 Å². The van der Waals surface area contributed by atoms with Crippen LogP contribution in [0.25, 0.3) is 0 Å². The van der Waals surface area contributed by atoms with Crippen LogP contribution < -0.4 is 5.32 Å². The highest BCUT2D eigenvalue weighted by Gasteiger charge is 2.34. The summed E-state index contributed by atoms with van der Waals surface area (Å²) in [6, 6.07) is 6.57. The quantitative estimate of drug-likeness (QED) is 0.613. The van der Waals surface area contributed by atoms with Crippen LogP contribution in [-0.2, 0) is 12.6 Å². The molecule has 0 spiro atoms. The van der Waals surface area contributed by atoms with E-state index in [4.69, 9.17) is 0 Å². The largest absolute Gasteiger partial charge is 0.416 e. The highest BCUT2D eigenvalue weighted by atomic mass is 32.2. The summed E-state index contributed by atoms with van der Waals surface area (Å²) < 4.78 is 40.1. The topological polar surface area (TPSA) is 24.9 Å². The molecule has 2 heterocycles. The van der Waals surface area contributed by atoms with Crippen molar-refractivity contribution in [1.29, 1.82) is 0 Å². The van der Waals surface area contributed by atoms with Gasteiger partial charge in [-0.1, -0.05) is 31.0 Å². The van der Waals surface area contributed by atoms with Gasteiger partial charge in [0.2, 0.25) is 0 Å². The number of fused-ring (bicyclic) bond motifs is 2. The lowest BCUT2D eigenvalue weighted by atomic mass is 9.94. The molecule has 0 atom stereocenters. The number of nitrogens with zero attached hydrogens (tertiary/aromatic N) is 1. The Balaban J connectivity index is 1.74. The third kappa shape index (κ3) is 3.50. The van der Waals surface area contributed by atoms with Gasteiger partial charge in [0.1, 0.15) is 0 Å². The van der Waals surface area contributed by atoms with Gasteiger partial charge >= 0.3 is 6.18 Å². The molecule has 1 aliphatic heterocycles. The Morgan fingerprint density at radius 3 is 2.64 bits per heavy atom. The van der Waals surface area contributed by atoms with E-state index in [9.17, 15) is 13.2 Å². The number of aromatic nitrogens is 1. The minimum absolute atomic E-state index is 0.261. The van der Waals surface area contributed by atoms with Crippen LogP contribution >= 0.6 is 11.8 Å². The summed E-state index contributed by atoms with van der Waals surface area (Å²) in [6.07, 6.45) is 3.50. The smallest absolute Gasteiger partial charge is 0.382 e. The molecule has 2 nitrogen and oxygen atoms in total. The predicted octanol–water partition coefficient (Wildman–Crippen LogP) is 5.90. The van der Waals surface area contributed by atoms with E-state index in [1.165, 1.54) is 30.3 Å². The first kappa shape index (κ1) is 16.8. The van der Waals surface area contributed by atoms with Gasteiger partial charge in [0.25, 0.3) is 0 Å². The SMILES string of the molecule is FC(F)(F)c1cc(NC2CCCCC2)c2c(c1)Sc1cccnc1C2. The zero-order valence-corrected chi connectivity index (χ0v) is 14.5. The van der Waals surface area contributed by atoms with Crippen LogP contribution in [0, 0.1) is 0 Å². The van der Waals surface area contributed by atoms with Gasteiger partial charge < -0.3 is 5.32 Å². The van der Waals surface area contributed by atoms with Gasteiger partial charge in [-0.05, 0) is 42.7 Å². The third-order valence-electron chi connectivity index (χ3n) is 4.91. The Hall–Kier alpha value is -1.69. The molecule has 2 aliphatic rings. The normalized spacial score (nSPS) is 17.7. The van der Waals surface area contributed by atoms with Crippen LogP contribution in [0.15, 0.2) is 40.3 Å². The van der Waals surface area contributed by atoms with Crippen LogP contribution in [0.1, 0.15) is 48.9 Å². The van der Waals surface area contributed by atoms with Crippen molar-refractivity contribution in [2.45, 2.75) is 60.5 Å². The summed E-state index contributed by atoms with van der Waals surface area (Å²) in [5.74, 6) is 0. The molecule has 6 heteroatoms. The van der Waals surface area contributed by atoms with Gasteiger partial charge in [0.15, 0.2) is 0 Å². The van der Waals surface area contributed by atoms with Crippen LogP contribution in [0.4, 0.5) is 18.9 Å². The summed E-state index contributed by atoms with van der Waals surface area (Å²) in [6.45, 7) is 0. The van der Waals surface area contributed by atoms with Crippen LogP contribution in [0.2, 0.25) is 0 Å². The van der Waals surface area contributed by atoms with E-state index in [0.29, 0.717) is 17.0 Å². The minimum Gasteiger partial charge on any atom is -0.382 e. The van der Waals surface area contributed by atoms with E-state index < -0.39 is 11.7 Å². The van der Waals surface area contributed by atoms with Crippen molar-refractivity contribution in [1.82, 2.24) is 4.98 Å². The zero-order chi connectivity index (χ0) is 17.4. The Bertz CT molecular complexity index is 783. The Morgan fingerprint density at radius 1 is 1.08 bits per heavy atom. The molecular formula is C19H19F3N2S. The molecule has 1 aliphatic carbocycles. The molecule has 1 N–H and O–H groups in total. The van der Waals surface area contributed by atoms with Gasteiger partial charge in [0.05, 0.1) is 11.3 Å². The summed E-state index contributed by atoms with van der Waals surface area (Å²) in [5, 5.41) is 3.41. The molecule has 0 amide bonds. The minimum atomic E-state index is -4.34. The number of nitrogens with one attached hydrogen (secondary N) is 1. The van der Waals surface area contributed by atoms with Crippen LogP contribution in [-0.4, -0.2) is 11.0 Å². The van der Waals surface area contributed by atoms with E-state index in [-0.39, 0.29) is 6.04 Å². The first-order valence-electron chi connectivity index (χ1n) is 8.63. The lowest BCUT2D eigenvalue weighted by Gasteiger charge is -2.28. The molecule has 25 heavy (non-hydrogen) atoms. The molecule has 0 bridgehead atoms. The van der Waals surface area contributed by atoms with Crippen molar-refractivity contribution >= 4 is 17.4 Å². The second-order valence-electron chi connectivity index (χ2n) is 6.70. The van der Waals surface area contributed by atoms with Crippen molar-refractivity contribution in [3.8, 4) is 0 Å². The molecule has 4 rings (SSSR count). The van der Waals surface area contributed by atoms with Gasteiger partial charge in [0, 0.05) is 34.1 Å². The average Bonchev–Trinajstić information content (AvgIpc) is 2.60. The van der Waals surface area contributed by atoms with E-state index in [2.05, 4.69) is 10.3 Å². The highest BCUT2D eigenvalue weighted by molar-refractivity contribution is 7.99. The number of anilines is 1. The summed E-state index contributed by atoms with van der Waals surface area (Å²) in [4.78, 5) is 6.04. The van der Waals surface area contributed by atoms with Crippen molar-refractivity contribution in [2.75, 3.05) is 5.32 Å². The maximum atomic E-state index is 13.4. The van der Waals surface area contributed by atoms with Crippen molar-refractivity contribution in [3.63, 3.8) is 0 Å². The zero-order valence-electron chi connectivity index (χ0n) is 13.7. The van der Waals surface area contributed by atoms with Gasteiger partial charge in [-0.2, -0.15) is 13.2 Å². The Morgan fingerprint density at radius 2 is 1.88 bits per heavy atom. The lowest BCUT2D eigenvalue weighted by Crippen LogP contribution is -2.24. The molecular weight excluding hydrogens is 345 g/mol. The summed E-state index contributed by atoms with van der Waals surface area (Å²) >= 11 is 1.39. The van der Waals surface area contributed by atoms with Gasteiger partial charge in [-0.3, -0.25) is 4.98 Å². The van der Waals surface area contributed by atoms with E-state index in [1.54, 1.807) is 6.20 Å². The first-order chi connectivity index (χ1) is 12.0. The maximum Gasteiger partial charge on any atom is 0.416 e. The number of hydrogen-bond donors (Lipinski definition) is 1. The number of benzene rings is 1. The fraction of sp³-hybridized carbons (Fsp3) is 0.421. The monoisotopic (exact) mass is 364 g/mol. The molecule has 132 valence electrons. The lowest BCUT2D eigenvalue weighted by molar-refractivity contribution is -0.137. The average molecular weight is 364 g/mol. The molecule has 1 aromatic heterocycles. The van der Waals surface area contributed by atoms with Gasteiger partial charge in [-0.15, -0.1) is 0 Å². The highest BCUT2D eigenvalue weighted by Crippen LogP contribution is 2.45. The molecule has 1 saturated carbocycles. The van der Waals surface area contributed by atoms with E-state index >= 15 is 0 Å². The number of halogens is 3. The molecule has 2 aromatic rings.